The molecule has 136 valence electrons. The summed E-state index contributed by atoms with van der Waals surface area (Å²) in [5, 5.41) is 8.94. The van der Waals surface area contributed by atoms with Gasteiger partial charge in [-0.1, -0.05) is 19.9 Å². The van der Waals surface area contributed by atoms with E-state index in [4.69, 9.17) is 4.42 Å². The van der Waals surface area contributed by atoms with Crippen molar-refractivity contribution in [3.05, 3.63) is 60.2 Å². The average Bonchev–Trinajstić information content (AvgIpc) is 3.37. The highest BCUT2D eigenvalue weighted by Gasteiger charge is 2.12. The predicted octanol–water partition coefficient (Wildman–Crippen LogP) is 4.38. The van der Waals surface area contributed by atoms with Crippen molar-refractivity contribution < 1.29 is 9.21 Å². The summed E-state index contributed by atoms with van der Waals surface area (Å²) in [7, 11) is 0. The molecular formula is C20H19N5O2. The molecule has 0 fully saturated rings. The highest BCUT2D eigenvalue weighted by atomic mass is 16.3. The van der Waals surface area contributed by atoms with Crippen molar-refractivity contribution in [2.24, 2.45) is 0 Å². The number of nitrogens with zero attached hydrogens (tertiary/aromatic N) is 3. The van der Waals surface area contributed by atoms with Gasteiger partial charge in [-0.15, -0.1) is 0 Å². The topological polar surface area (TPSA) is 96.7 Å². The van der Waals surface area contributed by atoms with Gasteiger partial charge in [0.15, 0.2) is 5.58 Å². The van der Waals surface area contributed by atoms with Crippen molar-refractivity contribution in [1.29, 1.82) is 0 Å². The maximum atomic E-state index is 12.0. The van der Waals surface area contributed by atoms with Gasteiger partial charge in [-0.2, -0.15) is 5.10 Å². The number of fused-ring (bicyclic) bond motifs is 1. The third-order valence-corrected chi connectivity index (χ3v) is 4.61. The smallest absolute Gasteiger partial charge is 0.292 e. The SMILES string of the molecule is CC[C@H](C)c1ccc2oc(-c3ccc(NC(=O)c4ncn[nH]4)cc3)nc2c1. The van der Waals surface area contributed by atoms with Crippen LogP contribution in [0.2, 0.25) is 0 Å². The largest absolute Gasteiger partial charge is 0.436 e. The summed E-state index contributed by atoms with van der Waals surface area (Å²) in [6.45, 7) is 4.37. The molecule has 7 heteroatoms. The average molecular weight is 361 g/mol. The van der Waals surface area contributed by atoms with Gasteiger partial charge in [0.2, 0.25) is 11.7 Å². The minimum atomic E-state index is -0.348. The van der Waals surface area contributed by atoms with Gasteiger partial charge in [0.1, 0.15) is 11.8 Å². The molecule has 0 unspecified atom stereocenters. The predicted molar refractivity (Wildman–Crippen MR) is 102 cm³/mol. The number of amides is 1. The fourth-order valence-corrected chi connectivity index (χ4v) is 2.81. The Labute approximate surface area is 155 Å². The van der Waals surface area contributed by atoms with Gasteiger partial charge < -0.3 is 9.73 Å². The van der Waals surface area contributed by atoms with Crippen LogP contribution in [0.5, 0.6) is 0 Å². The van der Waals surface area contributed by atoms with Crippen LogP contribution in [-0.4, -0.2) is 26.1 Å². The third kappa shape index (κ3) is 3.44. The van der Waals surface area contributed by atoms with Gasteiger partial charge in [0, 0.05) is 11.3 Å². The number of nitrogens with one attached hydrogen (secondary N) is 2. The van der Waals surface area contributed by atoms with Crippen molar-refractivity contribution in [3.8, 4) is 11.5 Å². The standard InChI is InChI=1S/C20H19N5O2/c1-3-12(2)14-6-9-17-16(10-14)24-20(27-17)13-4-7-15(8-5-13)23-19(26)18-21-11-22-25-18/h4-12H,3H2,1-2H3,(H,23,26)(H,21,22,25)/t12-/m0/s1. The number of benzene rings is 2. The van der Waals surface area contributed by atoms with Crippen LogP contribution < -0.4 is 5.32 Å². The summed E-state index contributed by atoms with van der Waals surface area (Å²) in [6, 6.07) is 13.5. The molecule has 2 heterocycles. The Kier molecular flexibility index (Phi) is 4.42. The van der Waals surface area contributed by atoms with Crippen molar-refractivity contribution in [2.45, 2.75) is 26.2 Å². The maximum absolute atomic E-state index is 12.0. The fourth-order valence-electron chi connectivity index (χ4n) is 2.81. The lowest BCUT2D eigenvalue weighted by Crippen LogP contribution is -2.13. The Morgan fingerprint density at radius 3 is 2.74 bits per heavy atom. The van der Waals surface area contributed by atoms with E-state index in [0.717, 1.165) is 23.1 Å². The van der Waals surface area contributed by atoms with Gasteiger partial charge in [-0.25, -0.2) is 9.97 Å². The Morgan fingerprint density at radius 1 is 1.22 bits per heavy atom. The molecule has 1 amide bonds. The van der Waals surface area contributed by atoms with Crippen LogP contribution >= 0.6 is 0 Å². The van der Waals surface area contributed by atoms with Crippen LogP contribution in [0.1, 0.15) is 42.4 Å². The molecule has 0 radical (unpaired) electrons. The van der Waals surface area contributed by atoms with Crippen LogP contribution in [0.4, 0.5) is 5.69 Å². The van der Waals surface area contributed by atoms with Crippen LogP contribution in [0.3, 0.4) is 0 Å². The number of oxazole rings is 1. The first-order valence-electron chi connectivity index (χ1n) is 8.81. The van der Waals surface area contributed by atoms with Crippen LogP contribution in [-0.2, 0) is 0 Å². The van der Waals surface area contributed by atoms with Gasteiger partial charge in [-0.3, -0.25) is 9.89 Å². The minimum Gasteiger partial charge on any atom is -0.436 e. The molecule has 4 aromatic rings. The Morgan fingerprint density at radius 2 is 2.04 bits per heavy atom. The molecule has 4 rings (SSSR count). The normalized spacial score (nSPS) is 12.2. The number of rotatable bonds is 5. The zero-order valence-corrected chi connectivity index (χ0v) is 15.1. The van der Waals surface area contributed by atoms with Crippen LogP contribution in [0.25, 0.3) is 22.6 Å². The number of carbonyl (C=O) groups is 1. The molecular weight excluding hydrogens is 342 g/mol. The molecule has 0 aliphatic rings. The molecule has 7 nitrogen and oxygen atoms in total. The molecule has 2 aromatic heterocycles. The van der Waals surface area contributed by atoms with Crippen molar-refractivity contribution in [2.75, 3.05) is 5.32 Å². The second-order valence-electron chi connectivity index (χ2n) is 6.42. The minimum absolute atomic E-state index is 0.162. The molecule has 0 saturated heterocycles. The Hall–Kier alpha value is -3.48. The van der Waals surface area contributed by atoms with E-state index in [1.807, 2.05) is 18.2 Å². The second kappa shape index (κ2) is 7.03. The van der Waals surface area contributed by atoms with Gasteiger partial charge in [-0.05, 0) is 54.3 Å². The van der Waals surface area contributed by atoms with Crippen molar-refractivity contribution in [1.82, 2.24) is 20.2 Å². The molecule has 2 aromatic carbocycles. The van der Waals surface area contributed by atoms with E-state index < -0.39 is 0 Å². The van der Waals surface area contributed by atoms with E-state index in [2.05, 4.69) is 51.5 Å². The summed E-state index contributed by atoms with van der Waals surface area (Å²) in [6.07, 6.45) is 2.37. The highest BCUT2D eigenvalue weighted by Crippen LogP contribution is 2.28. The highest BCUT2D eigenvalue weighted by molar-refractivity contribution is 6.01. The zero-order valence-electron chi connectivity index (χ0n) is 15.1. The molecule has 0 aliphatic carbocycles. The van der Waals surface area contributed by atoms with E-state index in [1.165, 1.54) is 11.9 Å². The number of anilines is 1. The quantitative estimate of drug-likeness (QED) is 0.550. The maximum Gasteiger partial charge on any atom is 0.292 e. The lowest BCUT2D eigenvalue weighted by atomic mass is 9.98. The van der Waals surface area contributed by atoms with E-state index in [0.29, 0.717) is 17.5 Å². The van der Waals surface area contributed by atoms with Gasteiger partial charge >= 0.3 is 0 Å². The van der Waals surface area contributed by atoms with E-state index in [-0.39, 0.29) is 11.7 Å². The lowest BCUT2D eigenvalue weighted by Gasteiger charge is -2.07. The molecule has 0 aliphatic heterocycles. The second-order valence-corrected chi connectivity index (χ2v) is 6.42. The monoisotopic (exact) mass is 361 g/mol. The molecule has 0 saturated carbocycles. The number of aromatic amines is 1. The fraction of sp³-hybridized carbons (Fsp3) is 0.200. The van der Waals surface area contributed by atoms with Gasteiger partial charge in [0.05, 0.1) is 0 Å². The number of carbonyl (C=O) groups excluding carboxylic acids is 1. The lowest BCUT2D eigenvalue weighted by molar-refractivity contribution is 0.101. The van der Waals surface area contributed by atoms with Crippen molar-refractivity contribution >= 4 is 22.7 Å². The summed E-state index contributed by atoms with van der Waals surface area (Å²) >= 11 is 0. The Balaban J connectivity index is 1.55. The first kappa shape index (κ1) is 17.0. The number of hydrogen-bond acceptors (Lipinski definition) is 5. The molecule has 2 N–H and O–H groups in total. The van der Waals surface area contributed by atoms with Crippen molar-refractivity contribution in [3.63, 3.8) is 0 Å². The van der Waals surface area contributed by atoms with Crippen LogP contribution in [0.15, 0.2) is 53.2 Å². The first-order valence-corrected chi connectivity index (χ1v) is 8.81. The van der Waals surface area contributed by atoms with E-state index in [1.54, 1.807) is 12.1 Å². The molecule has 1 atom stereocenters. The number of aromatic nitrogens is 4. The number of hydrogen-bond donors (Lipinski definition) is 2. The summed E-state index contributed by atoms with van der Waals surface area (Å²) in [5.74, 6) is 0.857. The van der Waals surface area contributed by atoms with Gasteiger partial charge in [0.25, 0.3) is 5.91 Å². The summed E-state index contributed by atoms with van der Waals surface area (Å²) < 4.78 is 5.88. The molecule has 27 heavy (non-hydrogen) atoms. The molecule has 0 bridgehead atoms. The number of H-pyrrole nitrogens is 1. The first-order chi connectivity index (χ1) is 13.1. The van der Waals surface area contributed by atoms with E-state index in [9.17, 15) is 4.79 Å². The van der Waals surface area contributed by atoms with Crippen LogP contribution in [0, 0.1) is 0 Å². The zero-order chi connectivity index (χ0) is 18.8. The summed E-state index contributed by atoms with van der Waals surface area (Å²) in [4.78, 5) is 20.4. The molecule has 0 spiro atoms. The summed E-state index contributed by atoms with van der Waals surface area (Å²) in [5.41, 5.74) is 4.37. The Bertz CT molecular complexity index is 1070. The van der Waals surface area contributed by atoms with E-state index >= 15 is 0 Å². The third-order valence-electron chi connectivity index (χ3n) is 4.61.